The van der Waals surface area contributed by atoms with Gasteiger partial charge in [-0.2, -0.15) is 4.98 Å². The average molecular weight is 331 g/mol. The molecule has 0 radical (unpaired) electrons. The Kier molecular flexibility index (Phi) is 5.33. The van der Waals surface area contributed by atoms with Crippen molar-refractivity contribution >= 4 is 28.6 Å². The summed E-state index contributed by atoms with van der Waals surface area (Å²) in [5, 5.41) is 4.53. The zero-order valence-electron chi connectivity index (χ0n) is 13.2. The number of benzene rings is 1. The van der Waals surface area contributed by atoms with Crippen LogP contribution in [0.5, 0.6) is 5.88 Å². The van der Waals surface area contributed by atoms with Gasteiger partial charge in [-0.05, 0) is 31.2 Å². The van der Waals surface area contributed by atoms with E-state index in [1.807, 2.05) is 30.5 Å². The zero-order valence-corrected chi connectivity index (χ0v) is 14.1. The summed E-state index contributed by atoms with van der Waals surface area (Å²) in [7, 11) is 0. The van der Waals surface area contributed by atoms with E-state index in [1.54, 1.807) is 0 Å². The fourth-order valence-corrected chi connectivity index (χ4v) is 3.24. The Morgan fingerprint density at radius 1 is 1.26 bits per heavy atom. The maximum Gasteiger partial charge on any atom is 0.258 e. The second kappa shape index (κ2) is 7.64. The molecular weight excluding hydrogens is 310 g/mol. The van der Waals surface area contributed by atoms with Crippen molar-refractivity contribution in [1.82, 2.24) is 15.3 Å². The van der Waals surface area contributed by atoms with E-state index in [1.165, 1.54) is 31.0 Å². The Balaban J connectivity index is 1.67. The van der Waals surface area contributed by atoms with Gasteiger partial charge in [0.1, 0.15) is 0 Å². The van der Waals surface area contributed by atoms with Gasteiger partial charge < -0.3 is 10.1 Å². The molecule has 0 bridgehead atoms. The van der Waals surface area contributed by atoms with Crippen LogP contribution in [0.1, 0.15) is 32.1 Å². The molecule has 1 amide bonds. The van der Waals surface area contributed by atoms with Crippen molar-refractivity contribution in [3.8, 4) is 5.88 Å². The molecule has 1 fully saturated rings. The Morgan fingerprint density at radius 2 is 2.04 bits per heavy atom. The van der Waals surface area contributed by atoms with Crippen molar-refractivity contribution in [2.45, 2.75) is 43.3 Å². The summed E-state index contributed by atoms with van der Waals surface area (Å²) < 4.78 is 5.69. The molecule has 0 atom stereocenters. The number of carbonyl (C=O) groups excluding carboxylic acids is 1. The Bertz CT molecular complexity index is 687. The van der Waals surface area contributed by atoms with Crippen molar-refractivity contribution in [2.75, 3.05) is 12.9 Å². The van der Waals surface area contributed by atoms with E-state index in [0.717, 1.165) is 23.7 Å². The summed E-state index contributed by atoms with van der Waals surface area (Å²) in [6.07, 6.45) is 7.72. The minimum Gasteiger partial charge on any atom is -0.467 e. The van der Waals surface area contributed by atoms with Crippen molar-refractivity contribution in [3.63, 3.8) is 0 Å². The highest BCUT2D eigenvalue weighted by molar-refractivity contribution is 7.98. The summed E-state index contributed by atoms with van der Waals surface area (Å²) >= 11 is 1.46. The third kappa shape index (κ3) is 4.13. The van der Waals surface area contributed by atoms with E-state index < -0.39 is 0 Å². The van der Waals surface area contributed by atoms with Crippen LogP contribution in [0.3, 0.4) is 0 Å². The quantitative estimate of drug-likeness (QED) is 0.673. The third-order valence-electron chi connectivity index (χ3n) is 4.04. The van der Waals surface area contributed by atoms with Gasteiger partial charge in [-0.15, -0.1) is 0 Å². The predicted octanol–water partition coefficient (Wildman–Crippen LogP) is 3.18. The number of nitrogens with one attached hydrogen (secondary N) is 1. The molecule has 1 aromatic heterocycles. The topological polar surface area (TPSA) is 64.1 Å². The molecule has 0 unspecified atom stereocenters. The van der Waals surface area contributed by atoms with Crippen molar-refractivity contribution < 1.29 is 9.53 Å². The van der Waals surface area contributed by atoms with Gasteiger partial charge in [0.2, 0.25) is 5.88 Å². The van der Waals surface area contributed by atoms with Crippen LogP contribution in [0.15, 0.2) is 29.4 Å². The summed E-state index contributed by atoms with van der Waals surface area (Å²) in [5.74, 6) is 0.393. The van der Waals surface area contributed by atoms with Gasteiger partial charge in [0.25, 0.3) is 5.91 Å². The molecule has 1 aromatic carbocycles. The molecule has 1 N–H and O–H groups in total. The summed E-state index contributed by atoms with van der Waals surface area (Å²) in [6, 6.07) is 7.97. The Morgan fingerprint density at radius 3 is 2.83 bits per heavy atom. The predicted molar refractivity (Wildman–Crippen MR) is 91.8 cm³/mol. The van der Waals surface area contributed by atoms with Crippen LogP contribution in [0, 0.1) is 0 Å². The number of fused-ring (bicyclic) bond motifs is 1. The summed E-state index contributed by atoms with van der Waals surface area (Å²) in [4.78, 5) is 20.9. The number of amides is 1. The van der Waals surface area contributed by atoms with Crippen LogP contribution >= 0.6 is 11.8 Å². The largest absolute Gasteiger partial charge is 0.467 e. The van der Waals surface area contributed by atoms with Crippen LogP contribution in [-0.2, 0) is 4.79 Å². The van der Waals surface area contributed by atoms with Crippen LogP contribution in [0.4, 0.5) is 0 Å². The van der Waals surface area contributed by atoms with Crippen molar-refractivity contribution in [2.24, 2.45) is 0 Å². The minimum absolute atomic E-state index is 0.00860. The first-order valence-corrected chi connectivity index (χ1v) is 9.21. The van der Waals surface area contributed by atoms with Crippen LogP contribution in [-0.4, -0.2) is 34.8 Å². The average Bonchev–Trinajstić information content (AvgIpc) is 2.60. The molecule has 0 aliphatic heterocycles. The second-order valence-electron chi connectivity index (χ2n) is 5.72. The molecule has 122 valence electrons. The SMILES string of the molecule is CSc1nc(OCC(=O)NC2CCCCC2)c2ccccc2n1. The molecule has 23 heavy (non-hydrogen) atoms. The van der Waals surface area contributed by atoms with Crippen LogP contribution in [0.2, 0.25) is 0 Å². The molecule has 5 nitrogen and oxygen atoms in total. The molecule has 1 saturated carbocycles. The normalized spacial score (nSPS) is 15.5. The summed E-state index contributed by atoms with van der Waals surface area (Å²) in [5.41, 5.74) is 0.828. The molecule has 6 heteroatoms. The standard InChI is InChI=1S/C17H21N3O2S/c1-23-17-19-14-10-6-5-9-13(14)16(20-17)22-11-15(21)18-12-7-3-2-4-8-12/h5-6,9-10,12H,2-4,7-8,11H2,1H3,(H,18,21). The van der Waals surface area contributed by atoms with Gasteiger partial charge in [-0.1, -0.05) is 43.2 Å². The van der Waals surface area contributed by atoms with E-state index in [2.05, 4.69) is 15.3 Å². The first-order valence-electron chi connectivity index (χ1n) is 7.99. The maximum absolute atomic E-state index is 12.1. The number of thioether (sulfide) groups is 1. The van der Waals surface area contributed by atoms with Gasteiger partial charge >= 0.3 is 0 Å². The number of hydrogen-bond acceptors (Lipinski definition) is 5. The molecule has 1 heterocycles. The zero-order chi connectivity index (χ0) is 16.1. The maximum atomic E-state index is 12.1. The lowest BCUT2D eigenvalue weighted by atomic mass is 9.95. The van der Waals surface area contributed by atoms with E-state index >= 15 is 0 Å². The smallest absolute Gasteiger partial charge is 0.258 e. The molecule has 2 aromatic rings. The van der Waals surface area contributed by atoms with E-state index in [9.17, 15) is 4.79 Å². The summed E-state index contributed by atoms with van der Waals surface area (Å²) in [6.45, 7) is -0.00860. The number of carbonyl (C=O) groups is 1. The highest BCUT2D eigenvalue weighted by Gasteiger charge is 2.16. The highest BCUT2D eigenvalue weighted by atomic mass is 32.2. The Labute approximate surface area is 140 Å². The van der Waals surface area contributed by atoms with Gasteiger partial charge in [-0.3, -0.25) is 4.79 Å². The molecule has 1 aliphatic carbocycles. The number of nitrogens with zero attached hydrogens (tertiary/aromatic N) is 2. The minimum atomic E-state index is -0.0784. The van der Waals surface area contributed by atoms with Crippen LogP contribution in [0.25, 0.3) is 10.9 Å². The fourth-order valence-electron chi connectivity index (χ4n) is 2.88. The van der Waals surface area contributed by atoms with Crippen molar-refractivity contribution in [1.29, 1.82) is 0 Å². The molecule has 3 rings (SSSR count). The molecule has 0 saturated heterocycles. The van der Waals surface area contributed by atoms with Crippen molar-refractivity contribution in [3.05, 3.63) is 24.3 Å². The molecule has 1 aliphatic rings. The van der Waals surface area contributed by atoms with Gasteiger partial charge in [0.05, 0.1) is 10.9 Å². The third-order valence-corrected chi connectivity index (χ3v) is 4.59. The number of rotatable bonds is 5. The lowest BCUT2D eigenvalue weighted by Gasteiger charge is -2.22. The van der Waals surface area contributed by atoms with E-state index in [-0.39, 0.29) is 12.5 Å². The van der Waals surface area contributed by atoms with Crippen LogP contribution < -0.4 is 10.1 Å². The molecule has 0 spiro atoms. The Hall–Kier alpha value is -1.82. The first kappa shape index (κ1) is 16.1. The van der Waals surface area contributed by atoms with E-state index in [0.29, 0.717) is 17.1 Å². The number of ether oxygens (including phenoxy) is 1. The lowest BCUT2D eigenvalue weighted by molar-refractivity contribution is -0.124. The fraction of sp³-hybridized carbons (Fsp3) is 0.471. The first-order chi connectivity index (χ1) is 11.3. The monoisotopic (exact) mass is 331 g/mol. The van der Waals surface area contributed by atoms with Gasteiger partial charge in [0, 0.05) is 6.04 Å². The number of hydrogen-bond donors (Lipinski definition) is 1. The second-order valence-corrected chi connectivity index (χ2v) is 6.50. The highest BCUT2D eigenvalue weighted by Crippen LogP contribution is 2.25. The number of aromatic nitrogens is 2. The molecular formula is C17H21N3O2S. The lowest BCUT2D eigenvalue weighted by Crippen LogP contribution is -2.39. The van der Waals surface area contributed by atoms with E-state index in [4.69, 9.17) is 4.74 Å². The van der Waals surface area contributed by atoms with Gasteiger partial charge in [0.15, 0.2) is 11.8 Å². The number of para-hydroxylation sites is 1. The van der Waals surface area contributed by atoms with Gasteiger partial charge in [-0.25, -0.2) is 4.98 Å².